The molecule has 0 spiro atoms. The quantitative estimate of drug-likeness (QED) is 0.370. The van der Waals surface area contributed by atoms with E-state index in [0.717, 1.165) is 52.8 Å². The van der Waals surface area contributed by atoms with Gasteiger partial charge in [-0.2, -0.15) is 0 Å². The van der Waals surface area contributed by atoms with Crippen LogP contribution in [0.25, 0.3) is 21.7 Å². The van der Waals surface area contributed by atoms with Gasteiger partial charge in [-0.25, -0.2) is 14.4 Å². The summed E-state index contributed by atoms with van der Waals surface area (Å²) in [5, 5.41) is 0. The predicted molar refractivity (Wildman–Crippen MR) is 150 cm³/mol. The number of benzene rings is 2. The van der Waals surface area contributed by atoms with E-state index in [-0.39, 0.29) is 5.69 Å². The Morgan fingerprint density at radius 2 is 1.84 bits per heavy atom. The molecule has 2 N–H and O–H groups in total. The average Bonchev–Trinajstić information content (AvgIpc) is 3.38. The number of anilines is 1. The Labute approximate surface area is 225 Å². The Morgan fingerprint density at radius 1 is 1.08 bits per heavy atom. The van der Waals surface area contributed by atoms with Crippen LogP contribution in [0, 0.1) is 12.7 Å². The van der Waals surface area contributed by atoms with E-state index in [9.17, 15) is 9.18 Å². The molecular formula is C29H30FN5O2S. The zero-order valence-electron chi connectivity index (χ0n) is 21.7. The number of rotatable bonds is 7. The summed E-state index contributed by atoms with van der Waals surface area (Å²) in [6.45, 7) is 5.16. The molecule has 0 radical (unpaired) electrons. The van der Waals surface area contributed by atoms with E-state index in [1.54, 1.807) is 36.6 Å². The van der Waals surface area contributed by atoms with Gasteiger partial charge in [0.2, 0.25) is 0 Å². The first-order valence-corrected chi connectivity index (χ1v) is 13.3. The van der Waals surface area contributed by atoms with Crippen molar-refractivity contribution in [3.05, 3.63) is 82.2 Å². The highest BCUT2D eigenvalue weighted by atomic mass is 32.1. The molecule has 0 atom stereocenters. The molecule has 1 aliphatic heterocycles. The Hall–Kier alpha value is -3.82. The van der Waals surface area contributed by atoms with Gasteiger partial charge in [-0.15, -0.1) is 11.3 Å². The SMILES string of the molecule is COc1ccc(-c2ccc(Cc3nc(N4CCN(C)CC4)c(-c4ccccc4F)nc3C(N)=O)s2)cc1C. The summed E-state index contributed by atoms with van der Waals surface area (Å²) in [6, 6.07) is 16.6. The molecule has 2 aromatic heterocycles. The number of piperazine rings is 1. The van der Waals surface area contributed by atoms with Crippen LogP contribution in [-0.2, 0) is 6.42 Å². The summed E-state index contributed by atoms with van der Waals surface area (Å²) in [6.07, 6.45) is 0.392. The second-order valence-corrected chi connectivity index (χ2v) is 10.6. The summed E-state index contributed by atoms with van der Waals surface area (Å²) in [5.74, 6) is 0.319. The minimum Gasteiger partial charge on any atom is -0.496 e. The Balaban J connectivity index is 1.55. The molecule has 1 aliphatic rings. The molecule has 0 bridgehead atoms. The van der Waals surface area contributed by atoms with Crippen molar-refractivity contribution in [3.8, 4) is 27.4 Å². The van der Waals surface area contributed by atoms with E-state index >= 15 is 0 Å². The van der Waals surface area contributed by atoms with Crippen LogP contribution in [0.1, 0.15) is 26.6 Å². The molecule has 1 amide bonds. The van der Waals surface area contributed by atoms with Crippen LogP contribution >= 0.6 is 11.3 Å². The molecule has 0 aliphatic carbocycles. The van der Waals surface area contributed by atoms with Gasteiger partial charge in [-0.1, -0.05) is 12.1 Å². The summed E-state index contributed by atoms with van der Waals surface area (Å²) >= 11 is 1.63. The zero-order chi connectivity index (χ0) is 26.8. The Kier molecular flexibility index (Phi) is 7.40. The standard InChI is InChI=1S/C29H30FN5O2S/c1-18-16-19(8-10-24(18)37-3)25-11-9-20(38-25)17-23-27(28(31)36)33-26(21-6-4-5-7-22(21)30)29(32-23)35-14-12-34(2)13-15-35/h4-11,16H,12-15,17H2,1-3H3,(H2,31,36). The third-order valence-electron chi connectivity index (χ3n) is 6.80. The number of hydrogen-bond acceptors (Lipinski definition) is 7. The molecule has 5 rings (SSSR count). The van der Waals surface area contributed by atoms with Gasteiger partial charge in [0.25, 0.3) is 5.91 Å². The molecule has 1 fully saturated rings. The Morgan fingerprint density at radius 3 is 2.53 bits per heavy atom. The van der Waals surface area contributed by atoms with Crippen LogP contribution < -0.4 is 15.4 Å². The third-order valence-corrected chi connectivity index (χ3v) is 7.93. The molecule has 0 unspecified atom stereocenters. The van der Waals surface area contributed by atoms with E-state index in [0.29, 0.717) is 29.2 Å². The average molecular weight is 532 g/mol. The lowest BCUT2D eigenvalue weighted by Gasteiger charge is -2.34. The van der Waals surface area contributed by atoms with Crippen LogP contribution in [0.5, 0.6) is 5.75 Å². The topological polar surface area (TPSA) is 84.6 Å². The number of likely N-dealkylation sites (N-methyl/N-ethyl adjacent to an activating group) is 1. The summed E-state index contributed by atoms with van der Waals surface area (Å²) in [4.78, 5) is 28.6. The number of nitrogens with two attached hydrogens (primary N) is 1. The highest BCUT2D eigenvalue weighted by Gasteiger charge is 2.26. The molecule has 4 aromatic rings. The normalized spacial score (nSPS) is 14.1. The second-order valence-electron chi connectivity index (χ2n) is 9.45. The van der Waals surface area contributed by atoms with Gasteiger partial charge in [0.15, 0.2) is 11.5 Å². The fourth-order valence-corrected chi connectivity index (χ4v) is 5.69. The molecule has 196 valence electrons. The number of hydrogen-bond donors (Lipinski definition) is 1. The van der Waals surface area contributed by atoms with Gasteiger partial charge in [-0.05, 0) is 67.6 Å². The van der Waals surface area contributed by atoms with Crippen molar-refractivity contribution >= 4 is 23.1 Å². The summed E-state index contributed by atoms with van der Waals surface area (Å²) < 4.78 is 20.3. The molecule has 9 heteroatoms. The molecule has 0 saturated carbocycles. The van der Waals surface area contributed by atoms with Gasteiger partial charge >= 0.3 is 0 Å². The fraction of sp³-hybridized carbons (Fsp3) is 0.276. The maximum atomic E-state index is 14.9. The van der Waals surface area contributed by atoms with Gasteiger partial charge in [0, 0.05) is 47.9 Å². The zero-order valence-corrected chi connectivity index (χ0v) is 22.5. The number of carbonyl (C=O) groups excluding carboxylic acids is 1. The largest absolute Gasteiger partial charge is 0.496 e. The number of halogens is 1. The van der Waals surface area contributed by atoms with Crippen LogP contribution in [0.3, 0.4) is 0 Å². The van der Waals surface area contributed by atoms with Crippen LogP contribution in [-0.4, -0.2) is 61.1 Å². The van der Waals surface area contributed by atoms with Crippen molar-refractivity contribution in [2.75, 3.05) is 45.2 Å². The first-order valence-electron chi connectivity index (χ1n) is 12.5. The molecule has 38 heavy (non-hydrogen) atoms. The second kappa shape index (κ2) is 10.9. The molecule has 3 heterocycles. The van der Waals surface area contributed by atoms with E-state index in [1.807, 2.05) is 25.1 Å². The predicted octanol–water partition coefficient (Wildman–Crippen LogP) is 4.77. The van der Waals surface area contributed by atoms with Crippen LogP contribution in [0.2, 0.25) is 0 Å². The van der Waals surface area contributed by atoms with E-state index in [4.69, 9.17) is 15.5 Å². The smallest absolute Gasteiger partial charge is 0.269 e. The highest BCUT2D eigenvalue weighted by Crippen LogP contribution is 2.35. The number of methoxy groups -OCH3 is 1. The fourth-order valence-electron chi connectivity index (χ4n) is 4.68. The van der Waals surface area contributed by atoms with Gasteiger partial charge in [0.1, 0.15) is 17.3 Å². The molecule has 2 aromatic carbocycles. The van der Waals surface area contributed by atoms with Crippen molar-refractivity contribution < 1.29 is 13.9 Å². The van der Waals surface area contributed by atoms with Crippen molar-refractivity contribution in [2.45, 2.75) is 13.3 Å². The lowest BCUT2D eigenvalue weighted by molar-refractivity contribution is 0.0994. The van der Waals surface area contributed by atoms with Crippen LogP contribution in [0.4, 0.5) is 10.2 Å². The number of aromatic nitrogens is 2. The monoisotopic (exact) mass is 531 g/mol. The molecule has 1 saturated heterocycles. The van der Waals surface area contributed by atoms with E-state index in [2.05, 4.69) is 34.0 Å². The Bertz CT molecular complexity index is 1480. The minimum absolute atomic E-state index is 0.0661. The minimum atomic E-state index is -0.683. The number of ether oxygens (including phenoxy) is 1. The molecular weight excluding hydrogens is 501 g/mol. The van der Waals surface area contributed by atoms with Crippen molar-refractivity contribution in [1.29, 1.82) is 0 Å². The first kappa shape index (κ1) is 25.8. The maximum Gasteiger partial charge on any atom is 0.269 e. The van der Waals surface area contributed by atoms with Gasteiger partial charge in [-0.3, -0.25) is 4.79 Å². The molecule has 7 nitrogen and oxygen atoms in total. The van der Waals surface area contributed by atoms with Crippen molar-refractivity contribution in [3.63, 3.8) is 0 Å². The number of amides is 1. The maximum absolute atomic E-state index is 14.9. The van der Waals surface area contributed by atoms with E-state index < -0.39 is 11.7 Å². The van der Waals surface area contributed by atoms with Crippen LogP contribution in [0.15, 0.2) is 54.6 Å². The third kappa shape index (κ3) is 5.25. The lowest BCUT2D eigenvalue weighted by Crippen LogP contribution is -2.45. The highest BCUT2D eigenvalue weighted by molar-refractivity contribution is 7.15. The summed E-state index contributed by atoms with van der Waals surface area (Å²) in [7, 11) is 3.73. The van der Waals surface area contributed by atoms with Crippen molar-refractivity contribution in [2.24, 2.45) is 5.73 Å². The number of thiophene rings is 1. The number of nitrogens with zero attached hydrogens (tertiary/aromatic N) is 4. The number of carbonyl (C=O) groups is 1. The lowest BCUT2D eigenvalue weighted by atomic mass is 10.1. The van der Waals surface area contributed by atoms with E-state index in [1.165, 1.54) is 6.07 Å². The summed E-state index contributed by atoms with van der Waals surface area (Å²) in [5.41, 5.74) is 9.12. The van der Waals surface area contributed by atoms with Gasteiger partial charge in [0.05, 0.1) is 12.8 Å². The number of primary amides is 1. The van der Waals surface area contributed by atoms with Crippen molar-refractivity contribution in [1.82, 2.24) is 14.9 Å². The first-order chi connectivity index (χ1) is 18.3. The van der Waals surface area contributed by atoms with Gasteiger partial charge < -0.3 is 20.3 Å². The number of aryl methyl sites for hydroxylation is 1.